The summed E-state index contributed by atoms with van der Waals surface area (Å²) in [5.74, 6) is -0.579. The molecule has 0 aliphatic rings. The lowest BCUT2D eigenvalue weighted by Crippen LogP contribution is -2.32. The van der Waals surface area contributed by atoms with E-state index in [0.29, 0.717) is 11.3 Å². The Bertz CT molecular complexity index is 808. The summed E-state index contributed by atoms with van der Waals surface area (Å²) < 4.78 is 10.4. The van der Waals surface area contributed by atoms with Crippen LogP contribution in [0.1, 0.15) is 36.7 Å². The summed E-state index contributed by atoms with van der Waals surface area (Å²) >= 11 is 0. The van der Waals surface area contributed by atoms with Crippen LogP contribution in [0.25, 0.3) is 11.1 Å². The number of benzene rings is 2. The number of methoxy groups -OCH3 is 1. The SMILES string of the molecule is COc1ccc(-c2ccccc2CNC(=O)OC(C)(C)C)c(C(=O)O)c1. The molecule has 0 heterocycles. The molecule has 2 N–H and O–H groups in total. The number of carbonyl (C=O) groups excluding carboxylic acids is 1. The van der Waals surface area contributed by atoms with Gasteiger partial charge in [-0.1, -0.05) is 24.3 Å². The number of hydrogen-bond acceptors (Lipinski definition) is 4. The molecule has 2 rings (SSSR count). The van der Waals surface area contributed by atoms with Crippen LogP contribution in [0, 0.1) is 0 Å². The number of carboxylic acid groups (broad SMARTS) is 1. The van der Waals surface area contributed by atoms with Crippen molar-refractivity contribution in [3.63, 3.8) is 0 Å². The van der Waals surface area contributed by atoms with E-state index in [1.54, 1.807) is 32.9 Å². The summed E-state index contributed by atoms with van der Waals surface area (Å²) in [5, 5.41) is 12.2. The highest BCUT2D eigenvalue weighted by atomic mass is 16.6. The number of amides is 1. The largest absolute Gasteiger partial charge is 0.497 e. The minimum atomic E-state index is -1.05. The molecule has 0 fully saturated rings. The van der Waals surface area contributed by atoms with Crippen LogP contribution in [0.4, 0.5) is 4.79 Å². The molecule has 0 bridgehead atoms. The van der Waals surface area contributed by atoms with E-state index in [1.165, 1.54) is 13.2 Å². The number of rotatable bonds is 5. The zero-order valence-electron chi connectivity index (χ0n) is 15.3. The maximum Gasteiger partial charge on any atom is 0.407 e. The van der Waals surface area contributed by atoms with Crippen molar-refractivity contribution in [1.29, 1.82) is 0 Å². The molecule has 0 unspecified atom stereocenters. The van der Waals surface area contributed by atoms with Crippen molar-refractivity contribution in [2.45, 2.75) is 32.9 Å². The van der Waals surface area contributed by atoms with Crippen molar-refractivity contribution in [3.8, 4) is 16.9 Å². The van der Waals surface area contributed by atoms with Crippen molar-refractivity contribution in [2.24, 2.45) is 0 Å². The van der Waals surface area contributed by atoms with Gasteiger partial charge in [0.1, 0.15) is 11.4 Å². The Morgan fingerprint density at radius 2 is 1.77 bits per heavy atom. The van der Waals surface area contributed by atoms with Crippen LogP contribution in [0.3, 0.4) is 0 Å². The predicted molar refractivity (Wildman–Crippen MR) is 98.5 cm³/mol. The highest BCUT2D eigenvalue weighted by Gasteiger charge is 2.18. The van der Waals surface area contributed by atoms with Crippen molar-refractivity contribution < 1.29 is 24.2 Å². The Hall–Kier alpha value is -3.02. The van der Waals surface area contributed by atoms with Gasteiger partial charge in [0.2, 0.25) is 0 Å². The molecule has 0 saturated heterocycles. The number of alkyl carbamates (subject to hydrolysis) is 1. The van der Waals surface area contributed by atoms with Crippen LogP contribution in [-0.4, -0.2) is 29.9 Å². The summed E-state index contributed by atoms with van der Waals surface area (Å²) in [4.78, 5) is 23.5. The van der Waals surface area contributed by atoms with Gasteiger partial charge in [-0.3, -0.25) is 0 Å². The number of aromatic carboxylic acids is 1. The molecule has 2 aromatic carbocycles. The minimum absolute atomic E-state index is 0.133. The lowest BCUT2D eigenvalue weighted by molar-refractivity contribution is 0.0523. The summed E-state index contributed by atoms with van der Waals surface area (Å²) in [6, 6.07) is 12.2. The molecule has 0 saturated carbocycles. The Morgan fingerprint density at radius 1 is 1.08 bits per heavy atom. The third-order valence-corrected chi connectivity index (χ3v) is 3.59. The summed E-state index contributed by atoms with van der Waals surface area (Å²) in [6.07, 6.45) is -0.527. The van der Waals surface area contributed by atoms with E-state index in [9.17, 15) is 14.7 Å². The molecule has 6 nitrogen and oxygen atoms in total. The average molecular weight is 357 g/mol. The zero-order valence-corrected chi connectivity index (χ0v) is 15.3. The number of carbonyl (C=O) groups is 2. The second-order valence-electron chi connectivity index (χ2n) is 6.73. The third-order valence-electron chi connectivity index (χ3n) is 3.59. The lowest BCUT2D eigenvalue weighted by Gasteiger charge is -2.20. The molecule has 0 aliphatic carbocycles. The van der Waals surface area contributed by atoms with Crippen LogP contribution in [0.2, 0.25) is 0 Å². The Kier molecular flexibility index (Phi) is 5.87. The Balaban J connectivity index is 2.32. The number of hydrogen-bond donors (Lipinski definition) is 2. The molecule has 26 heavy (non-hydrogen) atoms. The first-order valence-corrected chi connectivity index (χ1v) is 8.17. The van der Waals surface area contributed by atoms with E-state index in [2.05, 4.69) is 5.32 Å². The second-order valence-corrected chi connectivity index (χ2v) is 6.73. The molecule has 6 heteroatoms. The van der Waals surface area contributed by atoms with E-state index in [1.807, 2.05) is 24.3 Å². The van der Waals surface area contributed by atoms with Gasteiger partial charge < -0.3 is 19.9 Å². The minimum Gasteiger partial charge on any atom is -0.497 e. The van der Waals surface area contributed by atoms with E-state index in [0.717, 1.165) is 11.1 Å². The second kappa shape index (κ2) is 7.91. The summed E-state index contributed by atoms with van der Waals surface area (Å²) in [6.45, 7) is 5.58. The Morgan fingerprint density at radius 3 is 2.38 bits per heavy atom. The fourth-order valence-electron chi connectivity index (χ4n) is 2.48. The van der Waals surface area contributed by atoms with Crippen LogP contribution in [-0.2, 0) is 11.3 Å². The maximum atomic E-state index is 11.9. The van der Waals surface area contributed by atoms with Crippen molar-refractivity contribution in [2.75, 3.05) is 7.11 Å². The van der Waals surface area contributed by atoms with Crippen molar-refractivity contribution in [3.05, 3.63) is 53.6 Å². The quantitative estimate of drug-likeness (QED) is 0.842. The summed E-state index contributed by atoms with van der Waals surface area (Å²) in [5.41, 5.74) is 1.61. The zero-order chi connectivity index (χ0) is 19.3. The first kappa shape index (κ1) is 19.3. The molecular formula is C20H23NO5. The predicted octanol–water partition coefficient (Wildman–Crippen LogP) is 4.09. The topological polar surface area (TPSA) is 84.9 Å². The molecule has 0 aliphatic heterocycles. The Labute approximate surface area is 152 Å². The molecule has 2 aromatic rings. The van der Waals surface area contributed by atoms with E-state index < -0.39 is 17.7 Å². The first-order chi connectivity index (χ1) is 12.2. The van der Waals surface area contributed by atoms with Gasteiger partial charge in [0.05, 0.1) is 12.7 Å². The smallest absolute Gasteiger partial charge is 0.407 e. The fraction of sp³-hybridized carbons (Fsp3) is 0.300. The molecule has 0 atom stereocenters. The van der Waals surface area contributed by atoms with Gasteiger partial charge in [-0.2, -0.15) is 0 Å². The van der Waals surface area contributed by atoms with Crippen LogP contribution in [0.15, 0.2) is 42.5 Å². The van der Waals surface area contributed by atoms with Gasteiger partial charge in [-0.05, 0) is 55.7 Å². The van der Waals surface area contributed by atoms with Crippen LogP contribution >= 0.6 is 0 Å². The van der Waals surface area contributed by atoms with E-state index in [-0.39, 0.29) is 12.1 Å². The molecule has 138 valence electrons. The molecule has 0 spiro atoms. The van der Waals surface area contributed by atoms with E-state index >= 15 is 0 Å². The molecule has 1 amide bonds. The van der Waals surface area contributed by atoms with Gasteiger partial charge in [-0.15, -0.1) is 0 Å². The van der Waals surface area contributed by atoms with Crippen molar-refractivity contribution >= 4 is 12.1 Å². The fourth-order valence-corrected chi connectivity index (χ4v) is 2.48. The van der Waals surface area contributed by atoms with E-state index in [4.69, 9.17) is 9.47 Å². The molecule has 0 aromatic heterocycles. The number of carboxylic acids is 1. The highest BCUT2D eigenvalue weighted by Crippen LogP contribution is 2.30. The normalized spacial score (nSPS) is 10.9. The summed E-state index contributed by atoms with van der Waals surface area (Å²) in [7, 11) is 1.49. The highest BCUT2D eigenvalue weighted by molar-refractivity contribution is 5.97. The molecule has 0 radical (unpaired) electrons. The standard InChI is InChI=1S/C20H23NO5/c1-20(2,3)26-19(24)21-12-13-7-5-6-8-15(13)16-10-9-14(25-4)11-17(16)18(22)23/h5-11H,12H2,1-4H3,(H,21,24)(H,22,23). The van der Waals surface area contributed by atoms with Gasteiger partial charge in [0.25, 0.3) is 0 Å². The van der Waals surface area contributed by atoms with Crippen LogP contribution in [0.5, 0.6) is 5.75 Å². The number of nitrogens with one attached hydrogen (secondary N) is 1. The monoisotopic (exact) mass is 357 g/mol. The van der Waals surface area contributed by atoms with Gasteiger partial charge in [0, 0.05) is 6.54 Å². The number of ether oxygens (including phenoxy) is 2. The maximum absolute atomic E-state index is 11.9. The van der Waals surface area contributed by atoms with Gasteiger partial charge in [0.15, 0.2) is 0 Å². The van der Waals surface area contributed by atoms with Gasteiger partial charge >= 0.3 is 12.1 Å². The molecular weight excluding hydrogens is 334 g/mol. The first-order valence-electron chi connectivity index (χ1n) is 8.17. The van der Waals surface area contributed by atoms with Gasteiger partial charge in [-0.25, -0.2) is 9.59 Å². The van der Waals surface area contributed by atoms with Crippen molar-refractivity contribution in [1.82, 2.24) is 5.32 Å². The lowest BCUT2D eigenvalue weighted by atomic mass is 9.95. The van der Waals surface area contributed by atoms with Crippen LogP contribution < -0.4 is 10.1 Å². The third kappa shape index (κ3) is 4.99. The average Bonchev–Trinajstić information content (AvgIpc) is 2.58.